The number of hydrazone groups is 1. The quantitative estimate of drug-likeness (QED) is 0.146. The molecule has 1 heterocycles. The lowest BCUT2D eigenvalue weighted by Gasteiger charge is -2.08. The molecule has 0 fully saturated rings. The Morgan fingerprint density at radius 1 is 0.700 bits per heavy atom. The molecule has 202 valence electrons. The van der Waals surface area contributed by atoms with Crippen LogP contribution in [0.5, 0.6) is 5.75 Å². The molecule has 0 radical (unpaired) electrons. The van der Waals surface area contributed by atoms with Crippen molar-refractivity contribution in [3.8, 4) is 5.75 Å². The summed E-state index contributed by atoms with van der Waals surface area (Å²) in [6.45, 7) is 0.365. The number of nitrogens with zero attached hydrogens (tertiary/aromatic N) is 1. The van der Waals surface area contributed by atoms with E-state index in [1.54, 1.807) is 66.7 Å². The van der Waals surface area contributed by atoms with Gasteiger partial charge in [-0.2, -0.15) is 5.10 Å². The van der Waals surface area contributed by atoms with E-state index in [1.165, 1.54) is 6.21 Å². The van der Waals surface area contributed by atoms with E-state index < -0.39 is 23.6 Å². The number of anilines is 2. The number of nitrogens with one attached hydrogen (secondary N) is 4. The van der Waals surface area contributed by atoms with Crippen LogP contribution in [-0.4, -0.2) is 29.8 Å². The van der Waals surface area contributed by atoms with Crippen LogP contribution >= 0.6 is 0 Å². The molecule has 11 heteroatoms. The molecule has 4 aromatic rings. The van der Waals surface area contributed by atoms with Crippen LogP contribution in [0.3, 0.4) is 0 Å². The highest BCUT2D eigenvalue weighted by atomic mass is 16.5. The zero-order valence-corrected chi connectivity index (χ0v) is 21.1. The van der Waals surface area contributed by atoms with Crippen LogP contribution in [0.25, 0.3) is 0 Å². The minimum Gasteiger partial charge on any atom is -0.489 e. The third kappa shape index (κ3) is 8.42. The fraction of sp³-hybridized carbons (Fsp3) is 0.0690. The Hall–Kier alpha value is -5.71. The minimum atomic E-state index is -0.982. The number of hydrogen-bond donors (Lipinski definition) is 4. The lowest BCUT2D eigenvalue weighted by molar-refractivity contribution is -0.136. The lowest BCUT2D eigenvalue weighted by atomic mass is 10.2. The van der Waals surface area contributed by atoms with Crippen LogP contribution in [0, 0.1) is 0 Å². The molecular weight excluding hydrogens is 514 g/mol. The van der Waals surface area contributed by atoms with E-state index in [2.05, 4.69) is 26.5 Å². The molecule has 11 nitrogen and oxygen atoms in total. The molecule has 0 spiro atoms. The van der Waals surface area contributed by atoms with Crippen LogP contribution in [0.1, 0.15) is 17.1 Å². The molecule has 4 rings (SSSR count). The van der Waals surface area contributed by atoms with Gasteiger partial charge >= 0.3 is 23.6 Å². The summed E-state index contributed by atoms with van der Waals surface area (Å²) in [5.41, 5.74) is 4.04. The summed E-state index contributed by atoms with van der Waals surface area (Å²) in [7, 11) is 0. The Kier molecular flexibility index (Phi) is 9.38. The van der Waals surface area contributed by atoms with Crippen LogP contribution in [0.4, 0.5) is 11.4 Å². The van der Waals surface area contributed by atoms with Crippen LogP contribution in [0.15, 0.2) is 107 Å². The summed E-state index contributed by atoms with van der Waals surface area (Å²) in [5, 5.41) is 11.1. The Morgan fingerprint density at radius 2 is 1.32 bits per heavy atom. The first-order valence-electron chi connectivity index (χ1n) is 12.1. The standard InChI is InChI=1S/C29H25N5O6/c35-26(27(36)32-21-9-5-2-6-10-21)30-17-24-15-16-25(40-24)18-31-34-29(38)28(37)33-22-11-13-23(14-12-22)39-19-20-7-3-1-4-8-20/h1-16,18H,17,19H2,(H,30,35)(H,32,36)(H,33,37)(H,34,38)/b31-18+. The maximum atomic E-state index is 12.1. The van der Waals surface area contributed by atoms with E-state index in [0.717, 1.165) is 5.56 Å². The molecule has 40 heavy (non-hydrogen) atoms. The second kappa shape index (κ2) is 13.7. The van der Waals surface area contributed by atoms with E-state index in [4.69, 9.17) is 9.15 Å². The summed E-state index contributed by atoms with van der Waals surface area (Å²) in [5.74, 6) is -2.32. The van der Waals surface area contributed by atoms with Gasteiger partial charge in [-0.05, 0) is 54.1 Å². The number of benzene rings is 3. The van der Waals surface area contributed by atoms with Gasteiger partial charge in [0.2, 0.25) is 0 Å². The second-order valence-corrected chi connectivity index (χ2v) is 8.26. The minimum absolute atomic E-state index is 0.0419. The van der Waals surface area contributed by atoms with E-state index in [0.29, 0.717) is 29.5 Å². The molecule has 3 aromatic carbocycles. The van der Waals surface area contributed by atoms with Crippen molar-refractivity contribution in [2.24, 2.45) is 5.10 Å². The first kappa shape index (κ1) is 27.3. The van der Waals surface area contributed by atoms with E-state index in [9.17, 15) is 19.2 Å². The molecule has 0 saturated heterocycles. The van der Waals surface area contributed by atoms with Gasteiger partial charge in [-0.1, -0.05) is 48.5 Å². The summed E-state index contributed by atoms with van der Waals surface area (Å²) >= 11 is 0. The third-order valence-electron chi connectivity index (χ3n) is 5.27. The highest BCUT2D eigenvalue weighted by Crippen LogP contribution is 2.17. The molecule has 4 N–H and O–H groups in total. The molecule has 0 aliphatic rings. The molecule has 0 aliphatic heterocycles. The molecule has 0 saturated carbocycles. The monoisotopic (exact) mass is 539 g/mol. The van der Waals surface area contributed by atoms with Crippen molar-refractivity contribution in [3.05, 3.63) is 114 Å². The molecule has 1 aromatic heterocycles. The van der Waals surface area contributed by atoms with E-state index >= 15 is 0 Å². The van der Waals surface area contributed by atoms with Gasteiger partial charge < -0.3 is 25.1 Å². The molecule has 0 bridgehead atoms. The molecule has 0 atom stereocenters. The van der Waals surface area contributed by atoms with Crippen LogP contribution in [-0.2, 0) is 32.3 Å². The fourth-order valence-electron chi connectivity index (χ4n) is 3.28. The number of rotatable bonds is 9. The van der Waals surface area contributed by atoms with Crippen molar-refractivity contribution in [1.29, 1.82) is 0 Å². The third-order valence-corrected chi connectivity index (χ3v) is 5.27. The number of para-hydroxylation sites is 1. The Bertz CT molecular complexity index is 1480. The number of carbonyl (C=O) groups excluding carboxylic acids is 4. The van der Waals surface area contributed by atoms with Gasteiger partial charge in [0.05, 0.1) is 12.8 Å². The fourth-order valence-corrected chi connectivity index (χ4v) is 3.28. The number of amides is 4. The Morgan fingerprint density at radius 3 is 2.02 bits per heavy atom. The van der Waals surface area contributed by atoms with E-state index in [-0.39, 0.29) is 12.3 Å². The molecule has 4 amide bonds. The topological polar surface area (TPSA) is 151 Å². The molecule has 0 unspecified atom stereocenters. The van der Waals surface area contributed by atoms with Crippen molar-refractivity contribution in [2.75, 3.05) is 10.6 Å². The average molecular weight is 540 g/mol. The van der Waals surface area contributed by atoms with Crippen LogP contribution in [0.2, 0.25) is 0 Å². The summed E-state index contributed by atoms with van der Waals surface area (Å²) in [4.78, 5) is 48.2. The second-order valence-electron chi connectivity index (χ2n) is 8.26. The first-order valence-corrected chi connectivity index (χ1v) is 12.1. The summed E-state index contributed by atoms with van der Waals surface area (Å²) in [6, 6.07) is 28.0. The van der Waals surface area contributed by atoms with Gasteiger partial charge in [0.15, 0.2) is 0 Å². The van der Waals surface area contributed by atoms with Gasteiger partial charge in [-0.25, -0.2) is 5.43 Å². The molecular formula is C29H25N5O6. The normalized spacial score (nSPS) is 10.5. The Labute approximate surface area is 229 Å². The highest BCUT2D eigenvalue weighted by Gasteiger charge is 2.15. The largest absolute Gasteiger partial charge is 0.489 e. The van der Waals surface area contributed by atoms with Gasteiger partial charge in [0.1, 0.15) is 23.9 Å². The van der Waals surface area contributed by atoms with Crippen molar-refractivity contribution in [1.82, 2.24) is 10.7 Å². The summed E-state index contributed by atoms with van der Waals surface area (Å²) < 4.78 is 11.2. The SMILES string of the molecule is O=C(NCc1ccc(/C=N/NC(=O)C(=O)Nc2ccc(OCc3ccccc3)cc2)o1)C(=O)Nc1ccccc1. The smallest absolute Gasteiger partial charge is 0.329 e. The van der Waals surface area contributed by atoms with Crippen molar-refractivity contribution in [3.63, 3.8) is 0 Å². The predicted octanol–water partition coefficient (Wildman–Crippen LogP) is 3.20. The first-order chi connectivity index (χ1) is 19.5. The number of hydrogen-bond acceptors (Lipinski definition) is 7. The number of ether oxygens (including phenoxy) is 1. The van der Waals surface area contributed by atoms with Crippen LogP contribution < -0.4 is 26.1 Å². The van der Waals surface area contributed by atoms with E-state index in [1.807, 2.05) is 30.3 Å². The average Bonchev–Trinajstić information content (AvgIpc) is 3.44. The van der Waals surface area contributed by atoms with Gasteiger partial charge in [0.25, 0.3) is 0 Å². The lowest BCUT2D eigenvalue weighted by Crippen LogP contribution is -2.34. The Balaban J connectivity index is 1.17. The van der Waals surface area contributed by atoms with Crippen molar-refractivity contribution in [2.45, 2.75) is 13.2 Å². The van der Waals surface area contributed by atoms with Crippen molar-refractivity contribution < 1.29 is 28.3 Å². The summed E-state index contributed by atoms with van der Waals surface area (Å²) in [6.07, 6.45) is 1.19. The van der Waals surface area contributed by atoms with Gasteiger partial charge in [-0.15, -0.1) is 0 Å². The van der Waals surface area contributed by atoms with Gasteiger partial charge in [-0.3, -0.25) is 19.2 Å². The number of carbonyl (C=O) groups is 4. The number of furan rings is 1. The highest BCUT2D eigenvalue weighted by molar-refractivity contribution is 6.40. The van der Waals surface area contributed by atoms with Crippen molar-refractivity contribution >= 4 is 41.2 Å². The molecule has 0 aliphatic carbocycles. The predicted molar refractivity (Wildman–Crippen MR) is 147 cm³/mol. The zero-order chi connectivity index (χ0) is 28.2. The maximum absolute atomic E-state index is 12.1. The maximum Gasteiger partial charge on any atom is 0.329 e. The van der Waals surface area contributed by atoms with Gasteiger partial charge in [0, 0.05) is 11.4 Å². The zero-order valence-electron chi connectivity index (χ0n) is 21.1.